The third-order valence-electron chi connectivity index (χ3n) is 6.04. The van der Waals surface area contributed by atoms with E-state index in [0.717, 1.165) is 24.6 Å². The number of carbonyl (C=O) groups is 1. The molecule has 2 aliphatic rings. The van der Waals surface area contributed by atoms with Gasteiger partial charge in [0.25, 0.3) is 0 Å². The second kappa shape index (κ2) is 8.23. The second-order valence-electron chi connectivity index (χ2n) is 7.77. The minimum absolute atomic E-state index is 0.0264. The minimum Gasteiger partial charge on any atom is -0.383 e. The van der Waals surface area contributed by atoms with Crippen LogP contribution in [0.4, 0.5) is 13.2 Å². The van der Waals surface area contributed by atoms with Crippen molar-refractivity contribution in [3.63, 3.8) is 0 Å². The highest BCUT2D eigenvalue weighted by molar-refractivity contribution is 7.89. The summed E-state index contributed by atoms with van der Waals surface area (Å²) in [6.45, 7) is 3.05. The Morgan fingerprint density at radius 2 is 2.03 bits per heavy atom. The number of rotatable bonds is 7. The summed E-state index contributed by atoms with van der Waals surface area (Å²) in [6.07, 6.45) is -3.49. The lowest BCUT2D eigenvalue weighted by molar-refractivity contribution is -0.137. The molecule has 1 amide bonds. The average Bonchev–Trinajstić information content (AvgIpc) is 3.11. The van der Waals surface area contributed by atoms with Gasteiger partial charge in [-0.15, -0.1) is 0 Å². The molecule has 0 spiro atoms. The lowest BCUT2D eigenvalue weighted by atomic mass is 9.89. The van der Waals surface area contributed by atoms with Crippen LogP contribution in [-0.2, 0) is 25.7 Å². The summed E-state index contributed by atoms with van der Waals surface area (Å²) >= 11 is 0. The Bertz CT molecular complexity index is 859. The van der Waals surface area contributed by atoms with Crippen LogP contribution >= 0.6 is 0 Å². The quantitative estimate of drug-likeness (QED) is 0.716. The Morgan fingerprint density at radius 1 is 1.31 bits per heavy atom. The Hall–Kier alpha value is -1.65. The van der Waals surface area contributed by atoms with Gasteiger partial charge in [0, 0.05) is 32.7 Å². The van der Waals surface area contributed by atoms with Crippen LogP contribution < -0.4 is 4.72 Å². The molecule has 1 aliphatic carbocycles. The average molecular weight is 434 g/mol. The molecule has 162 valence electrons. The summed E-state index contributed by atoms with van der Waals surface area (Å²) in [5, 5.41) is 0. The lowest BCUT2D eigenvalue weighted by Gasteiger charge is -2.24. The van der Waals surface area contributed by atoms with Crippen molar-refractivity contribution in [1.29, 1.82) is 0 Å². The maximum Gasteiger partial charge on any atom is 0.416 e. The molecule has 2 fully saturated rings. The number of halogens is 3. The number of sulfonamides is 1. The van der Waals surface area contributed by atoms with Gasteiger partial charge in [-0.05, 0) is 42.4 Å². The fourth-order valence-corrected chi connectivity index (χ4v) is 5.67. The molecule has 10 heteroatoms. The van der Waals surface area contributed by atoms with E-state index in [1.807, 2.05) is 11.8 Å². The first-order valence-corrected chi connectivity index (χ1v) is 11.0. The number of nitrogens with zero attached hydrogens (tertiary/aromatic N) is 1. The number of benzene rings is 1. The molecule has 1 N–H and O–H groups in total. The zero-order valence-corrected chi connectivity index (χ0v) is 17.1. The number of ether oxygens (including phenoxy) is 1. The smallest absolute Gasteiger partial charge is 0.383 e. The van der Waals surface area contributed by atoms with Crippen molar-refractivity contribution in [2.45, 2.75) is 36.9 Å². The van der Waals surface area contributed by atoms with Crippen molar-refractivity contribution in [2.75, 3.05) is 26.8 Å². The summed E-state index contributed by atoms with van der Waals surface area (Å²) in [5.74, 6) is 0.192. The van der Waals surface area contributed by atoms with Gasteiger partial charge in [0.2, 0.25) is 15.9 Å². The molecule has 1 saturated heterocycles. The van der Waals surface area contributed by atoms with E-state index in [9.17, 15) is 26.4 Å². The van der Waals surface area contributed by atoms with E-state index < -0.39 is 26.7 Å². The fourth-order valence-electron chi connectivity index (χ4n) is 4.55. The summed E-state index contributed by atoms with van der Waals surface area (Å²) in [5.41, 5.74) is -1.01. The number of hydrogen-bond acceptors (Lipinski definition) is 4. The predicted octanol–water partition coefficient (Wildman–Crippen LogP) is 2.50. The van der Waals surface area contributed by atoms with E-state index in [-0.39, 0.29) is 36.2 Å². The first-order valence-electron chi connectivity index (χ1n) is 9.50. The van der Waals surface area contributed by atoms with Gasteiger partial charge >= 0.3 is 6.18 Å². The molecule has 1 aromatic rings. The first-order chi connectivity index (χ1) is 13.5. The Labute approximate surface area is 168 Å². The molecule has 0 bridgehead atoms. The van der Waals surface area contributed by atoms with Gasteiger partial charge in [-0.2, -0.15) is 13.2 Å². The zero-order valence-electron chi connectivity index (χ0n) is 16.3. The number of likely N-dealkylation sites (tertiary alicyclic amines) is 1. The molecular formula is C19H25F3N2O4S. The number of alkyl halides is 3. The summed E-state index contributed by atoms with van der Waals surface area (Å²) in [6, 6.07) is 3.74. The van der Waals surface area contributed by atoms with Crippen LogP contribution in [0.1, 0.15) is 25.3 Å². The van der Waals surface area contributed by atoms with E-state index in [2.05, 4.69) is 4.72 Å². The van der Waals surface area contributed by atoms with E-state index >= 15 is 0 Å². The number of hydrogen-bond donors (Lipinski definition) is 1. The molecule has 3 rings (SSSR count). The molecule has 1 heterocycles. The van der Waals surface area contributed by atoms with Crippen LogP contribution in [0.5, 0.6) is 0 Å². The van der Waals surface area contributed by atoms with Crippen molar-refractivity contribution in [3.8, 4) is 0 Å². The number of fused-ring (bicyclic) bond motifs is 1. The fraction of sp³-hybridized carbons (Fsp3) is 0.632. The molecular weight excluding hydrogens is 409 g/mol. The van der Waals surface area contributed by atoms with Crippen molar-refractivity contribution >= 4 is 15.9 Å². The maximum absolute atomic E-state index is 12.9. The first kappa shape index (κ1) is 22.0. The molecule has 4 atom stereocenters. The Kier molecular flexibility index (Phi) is 6.26. The van der Waals surface area contributed by atoms with Crippen LogP contribution in [0, 0.1) is 17.8 Å². The summed E-state index contributed by atoms with van der Waals surface area (Å²) in [7, 11) is -2.52. The monoisotopic (exact) mass is 434 g/mol. The van der Waals surface area contributed by atoms with E-state index in [1.54, 1.807) is 7.11 Å². The predicted molar refractivity (Wildman–Crippen MR) is 99.4 cm³/mol. The van der Waals surface area contributed by atoms with Gasteiger partial charge in [-0.25, -0.2) is 13.1 Å². The van der Waals surface area contributed by atoms with E-state index in [1.165, 1.54) is 0 Å². The molecule has 0 unspecified atom stereocenters. The second-order valence-corrected chi connectivity index (χ2v) is 9.54. The van der Waals surface area contributed by atoms with Gasteiger partial charge in [0.05, 0.1) is 17.1 Å². The highest BCUT2D eigenvalue weighted by atomic mass is 32.2. The number of amides is 1. The van der Waals surface area contributed by atoms with Crippen LogP contribution in [-0.4, -0.2) is 52.1 Å². The van der Waals surface area contributed by atoms with E-state index in [0.29, 0.717) is 25.6 Å². The van der Waals surface area contributed by atoms with Crippen LogP contribution in [0.3, 0.4) is 0 Å². The van der Waals surface area contributed by atoms with Gasteiger partial charge in [0.15, 0.2) is 0 Å². The largest absolute Gasteiger partial charge is 0.416 e. The molecule has 1 aromatic carbocycles. The highest BCUT2D eigenvalue weighted by Gasteiger charge is 2.50. The zero-order chi connectivity index (χ0) is 21.4. The van der Waals surface area contributed by atoms with Crippen LogP contribution in [0.15, 0.2) is 29.2 Å². The lowest BCUT2D eigenvalue weighted by Crippen LogP contribution is -2.36. The topological polar surface area (TPSA) is 75.7 Å². The van der Waals surface area contributed by atoms with Crippen LogP contribution in [0.25, 0.3) is 0 Å². The summed E-state index contributed by atoms with van der Waals surface area (Å²) in [4.78, 5) is 13.7. The van der Waals surface area contributed by atoms with Gasteiger partial charge < -0.3 is 9.64 Å². The Morgan fingerprint density at radius 3 is 2.69 bits per heavy atom. The number of carbonyl (C=O) groups excluding carboxylic acids is 1. The molecule has 29 heavy (non-hydrogen) atoms. The highest BCUT2D eigenvalue weighted by Crippen LogP contribution is 2.45. The maximum atomic E-state index is 12.9. The number of nitrogens with one attached hydrogen (secondary N) is 1. The van der Waals surface area contributed by atoms with Crippen LogP contribution in [0.2, 0.25) is 0 Å². The van der Waals surface area contributed by atoms with Crippen molar-refractivity contribution < 1.29 is 31.1 Å². The summed E-state index contributed by atoms with van der Waals surface area (Å²) < 4.78 is 71.3. The van der Waals surface area contributed by atoms with Gasteiger partial charge in [-0.3, -0.25) is 4.79 Å². The van der Waals surface area contributed by atoms with Crippen molar-refractivity contribution in [2.24, 2.45) is 17.8 Å². The normalized spacial score (nSPS) is 27.5. The molecule has 0 aromatic heterocycles. The third-order valence-corrected chi connectivity index (χ3v) is 7.46. The molecule has 6 nitrogen and oxygen atoms in total. The standard InChI is InChI=1S/C19H25F3N2O4S/c1-12-8-17-15(10-18(25)24(17)6-7-28-2)16(12)11-23-29(26,27)14-5-3-4-13(9-14)19(20,21)22/h3-5,9,12,15-17,23H,6-8,10-11H2,1-2H3/t12-,15-,16+,17+/m0/s1. The molecule has 1 aliphatic heterocycles. The SMILES string of the molecule is COCCN1C(=O)C[C@H]2[C@H](CNS(=O)(=O)c3cccc(C(F)(F)F)c3)[C@@H](C)C[C@H]21. The van der Waals surface area contributed by atoms with Crippen molar-refractivity contribution in [1.82, 2.24) is 9.62 Å². The Balaban J connectivity index is 1.70. The van der Waals surface area contributed by atoms with Crippen molar-refractivity contribution in [3.05, 3.63) is 29.8 Å². The number of methoxy groups -OCH3 is 1. The molecule has 0 radical (unpaired) electrons. The van der Waals surface area contributed by atoms with Gasteiger partial charge in [0.1, 0.15) is 0 Å². The molecule has 1 saturated carbocycles. The van der Waals surface area contributed by atoms with E-state index in [4.69, 9.17) is 4.74 Å². The van der Waals surface area contributed by atoms with Gasteiger partial charge in [-0.1, -0.05) is 13.0 Å². The minimum atomic E-state index is -4.62. The third kappa shape index (κ3) is 4.59.